The number of allylic oxidation sites excluding steroid dienone is 7. The van der Waals surface area contributed by atoms with Crippen molar-refractivity contribution in [3.8, 4) is 0 Å². The Hall–Kier alpha value is -1.85. The summed E-state index contributed by atoms with van der Waals surface area (Å²) in [5, 5.41) is 54.1. The first-order chi connectivity index (χ1) is 26.3. The number of nitrogens with one attached hydrogen (secondary N) is 1. The van der Waals surface area contributed by atoms with Crippen LogP contribution in [0.4, 0.5) is 0 Å². The third-order valence-corrected chi connectivity index (χ3v) is 10.1. The number of hydrogen-bond donors (Lipinski definition) is 6. The van der Waals surface area contributed by atoms with Gasteiger partial charge in [0.05, 0.1) is 25.4 Å². The minimum atomic E-state index is -1.57. The van der Waals surface area contributed by atoms with Crippen LogP contribution in [-0.2, 0) is 14.3 Å². The Kier molecular flexibility index (Phi) is 33.0. The van der Waals surface area contributed by atoms with Crippen LogP contribution in [0, 0.1) is 0 Å². The highest BCUT2D eigenvalue weighted by Crippen LogP contribution is 2.22. The fourth-order valence-electron chi connectivity index (χ4n) is 6.55. The van der Waals surface area contributed by atoms with Gasteiger partial charge in [-0.05, 0) is 64.2 Å². The van der Waals surface area contributed by atoms with Crippen molar-refractivity contribution in [2.24, 2.45) is 0 Å². The summed E-state index contributed by atoms with van der Waals surface area (Å²) in [5.74, 6) is -0.198. The lowest BCUT2D eigenvalue weighted by atomic mass is 9.99. The largest absolute Gasteiger partial charge is 0.394 e. The van der Waals surface area contributed by atoms with E-state index in [1.807, 2.05) is 6.08 Å². The third kappa shape index (κ3) is 26.1. The minimum absolute atomic E-state index is 0.198. The van der Waals surface area contributed by atoms with Gasteiger partial charge in [-0.25, -0.2) is 0 Å². The number of aliphatic hydroxyl groups excluding tert-OH is 5. The van der Waals surface area contributed by atoms with Crippen LogP contribution < -0.4 is 5.32 Å². The van der Waals surface area contributed by atoms with Crippen LogP contribution in [0.15, 0.2) is 48.6 Å². The first kappa shape index (κ1) is 50.2. The topological polar surface area (TPSA) is 149 Å². The molecule has 1 heterocycles. The van der Waals surface area contributed by atoms with E-state index in [0.717, 1.165) is 57.8 Å². The fourth-order valence-corrected chi connectivity index (χ4v) is 6.55. The van der Waals surface area contributed by atoms with Crippen LogP contribution in [0.3, 0.4) is 0 Å². The fraction of sp³-hybridized carbons (Fsp3) is 0.800. The lowest BCUT2D eigenvalue weighted by Gasteiger charge is -2.40. The molecule has 314 valence electrons. The molecule has 1 saturated heterocycles. The van der Waals surface area contributed by atoms with Gasteiger partial charge in [0, 0.05) is 6.42 Å². The van der Waals surface area contributed by atoms with Gasteiger partial charge in [-0.15, -0.1) is 0 Å². The quantitative estimate of drug-likeness (QED) is 0.0278. The van der Waals surface area contributed by atoms with E-state index in [2.05, 4.69) is 55.6 Å². The Morgan fingerprint density at radius 1 is 0.630 bits per heavy atom. The van der Waals surface area contributed by atoms with Gasteiger partial charge in [0.2, 0.25) is 5.91 Å². The lowest BCUT2D eigenvalue weighted by molar-refractivity contribution is -0.302. The summed E-state index contributed by atoms with van der Waals surface area (Å²) in [6, 6.07) is -0.825. The van der Waals surface area contributed by atoms with Crippen molar-refractivity contribution in [3.63, 3.8) is 0 Å². The molecule has 0 aromatic heterocycles. The van der Waals surface area contributed by atoms with Crippen LogP contribution in [0.5, 0.6) is 0 Å². The van der Waals surface area contributed by atoms with Crippen molar-refractivity contribution < 1.29 is 39.8 Å². The van der Waals surface area contributed by atoms with E-state index in [-0.39, 0.29) is 12.5 Å². The second-order valence-corrected chi connectivity index (χ2v) is 15.1. The Bertz CT molecular complexity index is 983. The molecule has 1 aliphatic heterocycles. The maximum absolute atomic E-state index is 12.9. The summed E-state index contributed by atoms with van der Waals surface area (Å²) in [4.78, 5) is 12.9. The number of unbranched alkanes of at least 4 members (excludes halogenated alkanes) is 19. The molecule has 6 N–H and O–H groups in total. The Balaban J connectivity index is 2.42. The SMILES string of the molecule is CCCCC/C=C\C/C=C\CCCCCCCCCC(=O)NC(COC1OC(CO)C(O)C(O)C1O)C(O)/C=C/CC/C=C/CCCCCCCCCC. The molecule has 0 spiro atoms. The van der Waals surface area contributed by atoms with E-state index in [9.17, 15) is 30.3 Å². The summed E-state index contributed by atoms with van der Waals surface area (Å²) in [7, 11) is 0. The number of aliphatic hydroxyl groups is 5. The van der Waals surface area contributed by atoms with Gasteiger partial charge in [-0.1, -0.05) is 152 Å². The number of hydrogen-bond acceptors (Lipinski definition) is 8. The molecular weight excluding hydrogens is 682 g/mol. The molecule has 1 fully saturated rings. The van der Waals surface area contributed by atoms with Crippen molar-refractivity contribution in [2.75, 3.05) is 13.2 Å². The molecule has 0 bridgehead atoms. The van der Waals surface area contributed by atoms with Crippen molar-refractivity contribution in [1.29, 1.82) is 0 Å². The summed E-state index contributed by atoms with van der Waals surface area (Å²) in [6.45, 7) is 3.70. The highest BCUT2D eigenvalue weighted by atomic mass is 16.7. The first-order valence-electron chi connectivity index (χ1n) is 21.9. The standard InChI is InChI=1S/C45H81NO8/c1-3-5-7-9-11-13-15-17-19-20-21-23-25-27-29-31-33-35-41(49)46-38(37-53-45-44(52)43(51)42(50)40(36-47)54-45)39(48)34-32-30-28-26-24-22-18-16-14-12-10-8-6-4-2/h11,13,17,19,24,26,32,34,38-40,42-45,47-48,50-52H,3-10,12,14-16,18,20-23,25,27-31,33,35-37H2,1-2H3,(H,46,49)/b13-11-,19-17-,26-24+,34-32+. The smallest absolute Gasteiger partial charge is 0.220 e. The summed E-state index contributed by atoms with van der Waals surface area (Å²) < 4.78 is 11.2. The predicted octanol–water partition coefficient (Wildman–Crippen LogP) is 8.67. The van der Waals surface area contributed by atoms with E-state index in [4.69, 9.17) is 9.47 Å². The average Bonchev–Trinajstić information content (AvgIpc) is 3.17. The van der Waals surface area contributed by atoms with Gasteiger partial charge in [0.15, 0.2) is 6.29 Å². The van der Waals surface area contributed by atoms with Crippen LogP contribution in [0.2, 0.25) is 0 Å². The highest BCUT2D eigenvalue weighted by Gasteiger charge is 2.44. The Morgan fingerprint density at radius 3 is 1.70 bits per heavy atom. The molecular formula is C45H81NO8. The predicted molar refractivity (Wildman–Crippen MR) is 221 cm³/mol. The second kappa shape index (κ2) is 35.6. The molecule has 0 aliphatic carbocycles. The molecule has 0 aromatic rings. The monoisotopic (exact) mass is 764 g/mol. The molecule has 54 heavy (non-hydrogen) atoms. The average molecular weight is 764 g/mol. The second-order valence-electron chi connectivity index (χ2n) is 15.1. The van der Waals surface area contributed by atoms with Gasteiger partial charge < -0.3 is 40.3 Å². The van der Waals surface area contributed by atoms with Crippen molar-refractivity contribution in [1.82, 2.24) is 5.32 Å². The Morgan fingerprint density at radius 2 is 1.11 bits per heavy atom. The first-order valence-corrected chi connectivity index (χ1v) is 21.9. The molecule has 1 rings (SSSR count). The van der Waals surface area contributed by atoms with Gasteiger partial charge in [-0.2, -0.15) is 0 Å². The molecule has 0 radical (unpaired) electrons. The highest BCUT2D eigenvalue weighted by molar-refractivity contribution is 5.76. The van der Waals surface area contributed by atoms with Crippen LogP contribution in [0.1, 0.15) is 174 Å². The zero-order chi connectivity index (χ0) is 39.5. The minimum Gasteiger partial charge on any atom is -0.394 e. The van der Waals surface area contributed by atoms with Gasteiger partial charge in [0.1, 0.15) is 24.4 Å². The molecule has 7 atom stereocenters. The van der Waals surface area contributed by atoms with E-state index in [1.165, 1.54) is 96.3 Å². The maximum atomic E-state index is 12.9. The number of rotatable bonds is 35. The molecule has 9 heteroatoms. The Labute approximate surface area is 329 Å². The lowest BCUT2D eigenvalue weighted by Crippen LogP contribution is -2.60. The molecule has 0 saturated carbocycles. The van der Waals surface area contributed by atoms with Crippen molar-refractivity contribution in [2.45, 2.75) is 217 Å². The van der Waals surface area contributed by atoms with E-state index >= 15 is 0 Å². The molecule has 1 aliphatic rings. The van der Waals surface area contributed by atoms with E-state index in [1.54, 1.807) is 6.08 Å². The zero-order valence-corrected chi connectivity index (χ0v) is 34.2. The van der Waals surface area contributed by atoms with Crippen molar-refractivity contribution >= 4 is 5.91 Å². The summed E-state index contributed by atoms with van der Waals surface area (Å²) in [5.41, 5.74) is 0. The van der Waals surface area contributed by atoms with Gasteiger partial charge >= 0.3 is 0 Å². The van der Waals surface area contributed by atoms with Crippen LogP contribution in [-0.4, -0.2) is 87.5 Å². The molecule has 0 aromatic carbocycles. The number of carbonyl (C=O) groups excluding carboxylic acids is 1. The third-order valence-electron chi connectivity index (χ3n) is 10.1. The number of ether oxygens (including phenoxy) is 2. The molecule has 9 nitrogen and oxygen atoms in total. The normalized spacial score (nSPS) is 21.9. The van der Waals surface area contributed by atoms with E-state index in [0.29, 0.717) is 6.42 Å². The van der Waals surface area contributed by atoms with Crippen molar-refractivity contribution in [3.05, 3.63) is 48.6 Å². The summed E-state index contributed by atoms with van der Waals surface area (Å²) >= 11 is 0. The summed E-state index contributed by atoms with van der Waals surface area (Å²) in [6.07, 6.45) is 37.2. The van der Waals surface area contributed by atoms with Gasteiger partial charge in [-0.3, -0.25) is 4.79 Å². The number of amides is 1. The zero-order valence-electron chi connectivity index (χ0n) is 34.2. The van der Waals surface area contributed by atoms with Gasteiger partial charge in [0.25, 0.3) is 0 Å². The van der Waals surface area contributed by atoms with E-state index < -0.39 is 49.5 Å². The number of carbonyl (C=O) groups is 1. The molecule has 1 amide bonds. The van der Waals surface area contributed by atoms with Crippen LogP contribution >= 0.6 is 0 Å². The van der Waals surface area contributed by atoms with Crippen LogP contribution in [0.25, 0.3) is 0 Å². The molecule has 7 unspecified atom stereocenters. The maximum Gasteiger partial charge on any atom is 0.220 e.